The Balaban J connectivity index is 2.50. The van der Waals surface area contributed by atoms with E-state index in [9.17, 15) is 18.0 Å². The molecule has 0 spiro atoms. The van der Waals surface area contributed by atoms with Crippen LogP contribution in [0.3, 0.4) is 0 Å². The lowest BCUT2D eigenvalue weighted by atomic mass is 10.1. The number of ether oxygens (including phenoxy) is 2. The van der Waals surface area contributed by atoms with Gasteiger partial charge in [-0.05, 0) is 13.0 Å². The molecule has 1 aromatic rings. The van der Waals surface area contributed by atoms with Crippen LogP contribution in [-0.2, 0) is 0 Å². The van der Waals surface area contributed by atoms with E-state index < -0.39 is 23.6 Å². The van der Waals surface area contributed by atoms with E-state index in [2.05, 4.69) is 9.47 Å². The Labute approximate surface area is 82.4 Å². The van der Waals surface area contributed by atoms with Crippen LogP contribution in [0.1, 0.15) is 17.3 Å². The first-order valence-corrected chi connectivity index (χ1v) is 3.99. The Morgan fingerprint density at radius 3 is 2.33 bits per heavy atom. The zero-order valence-corrected chi connectivity index (χ0v) is 7.51. The summed E-state index contributed by atoms with van der Waals surface area (Å²) in [4.78, 5) is 10.9. The minimum Gasteiger partial charge on any atom is -0.395 e. The van der Waals surface area contributed by atoms with E-state index in [0.717, 1.165) is 13.0 Å². The quantitative estimate of drug-likeness (QED) is 0.678. The van der Waals surface area contributed by atoms with Crippen molar-refractivity contribution in [3.63, 3.8) is 0 Å². The Morgan fingerprint density at radius 2 is 1.80 bits per heavy atom. The third-order valence-electron chi connectivity index (χ3n) is 1.87. The monoisotopic (exact) mass is 218 g/mol. The molecule has 0 radical (unpaired) electrons. The summed E-state index contributed by atoms with van der Waals surface area (Å²) in [6.07, 6.45) is -3.80. The average molecular weight is 218 g/mol. The van der Waals surface area contributed by atoms with Gasteiger partial charge in [0.05, 0.1) is 5.56 Å². The fourth-order valence-corrected chi connectivity index (χ4v) is 1.24. The van der Waals surface area contributed by atoms with E-state index in [0.29, 0.717) is 6.07 Å². The summed E-state index contributed by atoms with van der Waals surface area (Å²) in [5.74, 6) is -2.24. The molecular weight excluding hydrogens is 213 g/mol. The predicted molar refractivity (Wildman–Crippen MR) is 42.6 cm³/mol. The van der Waals surface area contributed by atoms with Gasteiger partial charge in [-0.25, -0.2) is 4.39 Å². The zero-order valence-electron chi connectivity index (χ0n) is 7.51. The van der Waals surface area contributed by atoms with Crippen LogP contribution >= 0.6 is 0 Å². The molecule has 0 saturated heterocycles. The Bertz CT molecular complexity index is 442. The van der Waals surface area contributed by atoms with Gasteiger partial charge in [0.25, 0.3) is 0 Å². The molecule has 0 N–H and O–H groups in total. The average Bonchev–Trinajstić information content (AvgIpc) is 2.36. The predicted octanol–water partition coefficient (Wildman–Crippen LogP) is 2.35. The third kappa shape index (κ3) is 1.62. The van der Waals surface area contributed by atoms with Crippen LogP contribution in [0.2, 0.25) is 0 Å². The summed E-state index contributed by atoms with van der Waals surface area (Å²) in [6, 6.07) is 1.60. The van der Waals surface area contributed by atoms with E-state index in [1.807, 2.05) is 0 Å². The Kier molecular flexibility index (Phi) is 1.89. The highest BCUT2D eigenvalue weighted by atomic mass is 19.3. The number of carbonyl (C=O) groups is 1. The second-order valence-electron chi connectivity index (χ2n) is 3.00. The summed E-state index contributed by atoms with van der Waals surface area (Å²) >= 11 is 0. The standard InChI is InChI=1S/C9H5F3O3/c1-4(13)5-2-7-8(3-6(5)10)15-9(11,12)14-7/h2-3H,1H3. The smallest absolute Gasteiger partial charge is 0.395 e. The highest BCUT2D eigenvalue weighted by Crippen LogP contribution is 2.42. The number of rotatable bonds is 1. The van der Waals surface area contributed by atoms with Crippen molar-refractivity contribution in [2.45, 2.75) is 13.2 Å². The fourth-order valence-electron chi connectivity index (χ4n) is 1.24. The van der Waals surface area contributed by atoms with Gasteiger partial charge in [-0.3, -0.25) is 4.79 Å². The topological polar surface area (TPSA) is 35.5 Å². The van der Waals surface area contributed by atoms with Crippen LogP contribution in [0.25, 0.3) is 0 Å². The summed E-state index contributed by atoms with van der Waals surface area (Å²) in [5.41, 5.74) is -0.310. The number of fused-ring (bicyclic) bond motifs is 1. The SMILES string of the molecule is CC(=O)c1cc2c(cc1F)OC(F)(F)O2. The summed E-state index contributed by atoms with van der Waals surface area (Å²) in [6.45, 7) is 1.12. The van der Waals surface area contributed by atoms with Gasteiger partial charge in [0.2, 0.25) is 0 Å². The maximum atomic E-state index is 13.1. The van der Waals surface area contributed by atoms with E-state index in [4.69, 9.17) is 0 Å². The molecule has 0 bridgehead atoms. The maximum Gasteiger partial charge on any atom is 0.586 e. The van der Waals surface area contributed by atoms with E-state index in [1.165, 1.54) is 0 Å². The van der Waals surface area contributed by atoms with Crippen molar-refractivity contribution >= 4 is 5.78 Å². The Hall–Kier alpha value is -1.72. The largest absolute Gasteiger partial charge is 0.586 e. The molecule has 6 heteroatoms. The highest BCUT2D eigenvalue weighted by molar-refractivity contribution is 5.95. The van der Waals surface area contributed by atoms with Crippen molar-refractivity contribution in [3.05, 3.63) is 23.5 Å². The van der Waals surface area contributed by atoms with Crippen LogP contribution < -0.4 is 9.47 Å². The van der Waals surface area contributed by atoms with E-state index >= 15 is 0 Å². The van der Waals surface area contributed by atoms with Crippen molar-refractivity contribution in [2.24, 2.45) is 0 Å². The second-order valence-corrected chi connectivity index (χ2v) is 3.00. The first kappa shape index (κ1) is 9.82. The number of carbonyl (C=O) groups excluding carboxylic acids is 1. The van der Waals surface area contributed by atoms with Crippen molar-refractivity contribution in [3.8, 4) is 11.5 Å². The van der Waals surface area contributed by atoms with Gasteiger partial charge in [0.1, 0.15) is 5.82 Å². The first-order chi connectivity index (χ1) is 6.89. The molecular formula is C9H5F3O3. The van der Waals surface area contributed by atoms with Gasteiger partial charge in [0, 0.05) is 6.07 Å². The van der Waals surface area contributed by atoms with Gasteiger partial charge >= 0.3 is 6.29 Å². The molecule has 0 aromatic heterocycles. The number of benzene rings is 1. The van der Waals surface area contributed by atoms with Crippen molar-refractivity contribution in [1.29, 1.82) is 0 Å². The zero-order chi connectivity index (χ0) is 11.2. The lowest BCUT2D eigenvalue weighted by Crippen LogP contribution is -2.25. The molecule has 0 saturated carbocycles. The third-order valence-corrected chi connectivity index (χ3v) is 1.87. The van der Waals surface area contributed by atoms with E-state index in [1.54, 1.807) is 0 Å². The van der Waals surface area contributed by atoms with Gasteiger partial charge < -0.3 is 9.47 Å². The maximum absolute atomic E-state index is 13.1. The number of halogens is 3. The molecule has 0 amide bonds. The molecule has 3 nitrogen and oxygen atoms in total. The fraction of sp³-hybridized carbons (Fsp3) is 0.222. The molecule has 80 valence electrons. The Morgan fingerprint density at radius 1 is 1.27 bits per heavy atom. The molecule has 1 aliphatic heterocycles. The minimum atomic E-state index is -3.80. The lowest BCUT2D eigenvalue weighted by molar-refractivity contribution is -0.286. The summed E-state index contributed by atoms with van der Waals surface area (Å²) in [7, 11) is 0. The van der Waals surface area contributed by atoms with Crippen molar-refractivity contribution < 1.29 is 27.4 Å². The highest BCUT2D eigenvalue weighted by Gasteiger charge is 2.44. The molecule has 2 rings (SSSR count). The molecule has 0 atom stereocenters. The van der Waals surface area contributed by atoms with Gasteiger partial charge in [-0.1, -0.05) is 0 Å². The normalized spacial score (nSPS) is 16.5. The number of hydrogen-bond acceptors (Lipinski definition) is 3. The molecule has 0 unspecified atom stereocenters. The summed E-state index contributed by atoms with van der Waals surface area (Å²) in [5, 5.41) is 0. The van der Waals surface area contributed by atoms with Gasteiger partial charge in [-0.2, -0.15) is 0 Å². The van der Waals surface area contributed by atoms with Gasteiger partial charge in [0.15, 0.2) is 17.3 Å². The van der Waals surface area contributed by atoms with Gasteiger partial charge in [-0.15, -0.1) is 8.78 Å². The molecule has 0 aliphatic carbocycles. The minimum absolute atomic E-state index is 0.310. The van der Waals surface area contributed by atoms with Crippen LogP contribution in [0.15, 0.2) is 12.1 Å². The van der Waals surface area contributed by atoms with Crippen LogP contribution in [-0.4, -0.2) is 12.1 Å². The molecule has 1 aliphatic rings. The second kappa shape index (κ2) is 2.88. The molecule has 1 heterocycles. The number of alkyl halides is 2. The molecule has 1 aromatic carbocycles. The first-order valence-electron chi connectivity index (χ1n) is 3.99. The van der Waals surface area contributed by atoms with Crippen molar-refractivity contribution in [1.82, 2.24) is 0 Å². The van der Waals surface area contributed by atoms with Crippen LogP contribution in [0.4, 0.5) is 13.2 Å². The molecule has 0 fully saturated rings. The lowest BCUT2D eigenvalue weighted by Gasteiger charge is -2.04. The van der Waals surface area contributed by atoms with E-state index in [-0.39, 0.29) is 11.3 Å². The summed E-state index contributed by atoms with van der Waals surface area (Å²) < 4.78 is 46.3. The van der Waals surface area contributed by atoms with Crippen molar-refractivity contribution in [2.75, 3.05) is 0 Å². The number of Topliss-reactive ketones (excluding diaryl/α,β-unsaturated/α-hetero) is 1. The van der Waals surface area contributed by atoms with Crippen LogP contribution in [0.5, 0.6) is 11.5 Å². The number of ketones is 1. The molecule has 15 heavy (non-hydrogen) atoms. The number of hydrogen-bond donors (Lipinski definition) is 0. The van der Waals surface area contributed by atoms with Crippen LogP contribution in [0, 0.1) is 5.82 Å².